The molecule has 0 aliphatic carbocycles. The van der Waals surface area contributed by atoms with E-state index in [-0.39, 0.29) is 6.17 Å². The largest absolute Gasteiger partial charge is 0.508 e. The summed E-state index contributed by atoms with van der Waals surface area (Å²) in [6.45, 7) is 10.9. The molecule has 0 radical (unpaired) electrons. The van der Waals surface area contributed by atoms with Crippen molar-refractivity contribution >= 4 is 57.8 Å². The number of phenols is 1. The molecule has 4 rings (SSSR count). The topological polar surface area (TPSA) is 33.2 Å². The number of hydrogen-bond acceptors (Lipinski definition) is 5. The van der Waals surface area contributed by atoms with Crippen LogP contribution < -0.4 is 9.80 Å². The highest BCUT2D eigenvalue weighted by molar-refractivity contribution is 6.19. The van der Waals surface area contributed by atoms with Gasteiger partial charge in [0, 0.05) is 92.8 Å². The fraction of sp³-hybridized carbons (Fsp3) is 0.471. The lowest BCUT2D eigenvalue weighted by atomic mass is 10.0. The van der Waals surface area contributed by atoms with E-state index in [9.17, 15) is 5.11 Å². The molecule has 1 heterocycles. The van der Waals surface area contributed by atoms with Crippen molar-refractivity contribution in [3.8, 4) is 5.75 Å². The number of aromatic hydroxyl groups is 1. The van der Waals surface area contributed by atoms with Gasteiger partial charge in [-0.3, -0.25) is 9.80 Å². The van der Waals surface area contributed by atoms with E-state index in [0.717, 1.165) is 75.7 Å². The second-order valence-corrected chi connectivity index (χ2v) is 12.7. The summed E-state index contributed by atoms with van der Waals surface area (Å²) < 4.78 is 0. The average molecular weight is 667 g/mol. The molecule has 0 amide bonds. The fourth-order valence-corrected chi connectivity index (χ4v) is 6.89. The molecule has 0 saturated carbocycles. The zero-order valence-electron chi connectivity index (χ0n) is 25.3. The van der Waals surface area contributed by atoms with E-state index in [4.69, 9.17) is 46.4 Å². The summed E-state index contributed by atoms with van der Waals surface area (Å²) in [7, 11) is 0. The minimum Gasteiger partial charge on any atom is -0.508 e. The number of anilines is 2. The molecule has 1 N–H and O–H groups in total. The van der Waals surface area contributed by atoms with Crippen molar-refractivity contribution in [2.45, 2.75) is 39.5 Å². The molecule has 1 aliphatic heterocycles. The number of halogens is 4. The first-order chi connectivity index (χ1) is 20.9. The Morgan fingerprint density at radius 2 is 1.12 bits per heavy atom. The van der Waals surface area contributed by atoms with Crippen LogP contribution in [0.4, 0.5) is 11.4 Å². The molecule has 1 aliphatic rings. The van der Waals surface area contributed by atoms with Gasteiger partial charge < -0.3 is 14.9 Å². The molecule has 3 aromatic carbocycles. The molecule has 0 unspecified atom stereocenters. The summed E-state index contributed by atoms with van der Waals surface area (Å²) in [5.41, 5.74) is 8.28. The predicted molar refractivity (Wildman–Crippen MR) is 186 cm³/mol. The summed E-state index contributed by atoms with van der Waals surface area (Å²) in [6, 6.07) is 21.1. The quantitative estimate of drug-likeness (QED) is 0.167. The standard InChI is InChI=1S/C34H44Cl4N4O/c1-26-22-30(39(18-12-35)19-13-36)10-8-28(26)24-41-16-5-17-42(34(41)32-6-3-4-7-33(32)43)25-29-9-11-31(23-27(29)2)40(20-14-37)21-15-38/h3-4,6-11,22-23,34,43H,5,12-21,24-25H2,1-2H3. The van der Waals surface area contributed by atoms with Gasteiger partial charge in [-0.1, -0.05) is 30.3 Å². The van der Waals surface area contributed by atoms with Crippen LogP contribution in [-0.2, 0) is 13.1 Å². The molecule has 0 bridgehead atoms. The highest BCUT2D eigenvalue weighted by atomic mass is 35.5. The van der Waals surface area contributed by atoms with Crippen molar-refractivity contribution in [2.24, 2.45) is 0 Å². The normalized spacial score (nSPS) is 14.7. The molecule has 1 saturated heterocycles. The van der Waals surface area contributed by atoms with Crippen LogP contribution >= 0.6 is 46.4 Å². The fourth-order valence-electron chi connectivity index (χ4n) is 6.08. The molecular formula is C34H44Cl4N4O. The Balaban J connectivity index is 1.61. The Hall–Kier alpha value is -1.86. The minimum atomic E-state index is -0.0545. The molecule has 43 heavy (non-hydrogen) atoms. The van der Waals surface area contributed by atoms with Crippen LogP contribution in [0.3, 0.4) is 0 Å². The van der Waals surface area contributed by atoms with Crippen LogP contribution in [0.2, 0.25) is 0 Å². The molecule has 3 aromatic rings. The number of benzene rings is 3. The van der Waals surface area contributed by atoms with Gasteiger partial charge in [-0.15, -0.1) is 46.4 Å². The van der Waals surface area contributed by atoms with Gasteiger partial charge in [-0.25, -0.2) is 0 Å². The van der Waals surface area contributed by atoms with Gasteiger partial charge in [0.25, 0.3) is 0 Å². The summed E-state index contributed by atoms with van der Waals surface area (Å²) >= 11 is 24.3. The Morgan fingerprint density at radius 3 is 1.51 bits per heavy atom. The van der Waals surface area contributed by atoms with Crippen molar-refractivity contribution < 1.29 is 5.11 Å². The summed E-state index contributed by atoms with van der Waals surface area (Å²) in [6.07, 6.45) is 0.998. The van der Waals surface area contributed by atoms with Gasteiger partial charge in [-0.05, 0) is 72.9 Å². The number of aryl methyl sites for hydroxylation is 2. The first-order valence-corrected chi connectivity index (χ1v) is 17.2. The Bertz CT molecular complexity index is 1220. The van der Waals surface area contributed by atoms with Gasteiger partial charge in [0.15, 0.2) is 0 Å². The van der Waals surface area contributed by atoms with Gasteiger partial charge in [0.2, 0.25) is 0 Å². The number of phenolic OH excluding ortho intramolecular Hbond substituents is 1. The van der Waals surface area contributed by atoms with Gasteiger partial charge in [0.05, 0.1) is 6.17 Å². The molecule has 1 fully saturated rings. The van der Waals surface area contributed by atoms with Crippen molar-refractivity contribution in [1.29, 1.82) is 0 Å². The second kappa shape index (κ2) is 17.0. The van der Waals surface area contributed by atoms with E-state index in [1.165, 1.54) is 22.3 Å². The lowest BCUT2D eigenvalue weighted by Crippen LogP contribution is -2.47. The van der Waals surface area contributed by atoms with Crippen molar-refractivity contribution in [3.05, 3.63) is 88.5 Å². The van der Waals surface area contributed by atoms with Gasteiger partial charge in [-0.2, -0.15) is 0 Å². The van der Waals surface area contributed by atoms with E-state index in [0.29, 0.717) is 29.3 Å². The van der Waals surface area contributed by atoms with Crippen LogP contribution in [-0.4, -0.2) is 77.7 Å². The molecule has 0 aromatic heterocycles. The maximum Gasteiger partial charge on any atom is 0.121 e. The lowest BCUT2D eigenvalue weighted by molar-refractivity contribution is -0.0105. The van der Waals surface area contributed by atoms with Gasteiger partial charge >= 0.3 is 0 Å². The van der Waals surface area contributed by atoms with E-state index in [2.05, 4.69) is 75.9 Å². The maximum absolute atomic E-state index is 11.0. The predicted octanol–water partition coefficient (Wildman–Crippen LogP) is 7.98. The molecule has 234 valence electrons. The highest BCUT2D eigenvalue weighted by Gasteiger charge is 2.33. The van der Waals surface area contributed by atoms with Gasteiger partial charge in [0.1, 0.15) is 5.75 Å². The lowest BCUT2D eigenvalue weighted by Gasteiger charge is -2.45. The van der Waals surface area contributed by atoms with Crippen molar-refractivity contribution in [1.82, 2.24) is 9.80 Å². The van der Waals surface area contributed by atoms with E-state index >= 15 is 0 Å². The molecule has 9 heteroatoms. The molecule has 0 atom stereocenters. The zero-order valence-corrected chi connectivity index (χ0v) is 28.3. The summed E-state index contributed by atoms with van der Waals surface area (Å²) in [5.74, 6) is 2.57. The maximum atomic E-state index is 11.0. The first-order valence-electron chi connectivity index (χ1n) is 15.1. The van der Waals surface area contributed by atoms with Crippen LogP contribution in [0.15, 0.2) is 60.7 Å². The molecule has 5 nitrogen and oxygen atoms in total. The highest BCUT2D eigenvalue weighted by Crippen LogP contribution is 2.37. The SMILES string of the molecule is Cc1cc(N(CCCl)CCCl)ccc1CN1CCCN(Cc2ccc(N(CCCl)CCCl)cc2C)C1c1ccccc1O. The van der Waals surface area contributed by atoms with Crippen LogP contribution in [0.25, 0.3) is 0 Å². The summed E-state index contributed by atoms with van der Waals surface area (Å²) in [5, 5.41) is 11.0. The number of alkyl halides is 4. The molecule has 0 spiro atoms. The van der Waals surface area contributed by atoms with Crippen LogP contribution in [0.1, 0.15) is 40.4 Å². The number of nitrogens with zero attached hydrogens (tertiary/aromatic N) is 4. The summed E-state index contributed by atoms with van der Waals surface area (Å²) in [4.78, 5) is 9.48. The van der Waals surface area contributed by atoms with Crippen LogP contribution in [0.5, 0.6) is 5.75 Å². The number of para-hydroxylation sites is 1. The Kier molecular flexibility index (Phi) is 13.5. The zero-order chi connectivity index (χ0) is 30.8. The van der Waals surface area contributed by atoms with Crippen molar-refractivity contribution in [2.75, 3.05) is 72.6 Å². The smallest absolute Gasteiger partial charge is 0.121 e. The monoisotopic (exact) mass is 664 g/mol. The Labute approximate surface area is 277 Å². The number of hydrogen-bond donors (Lipinski definition) is 1. The Morgan fingerprint density at radius 1 is 0.674 bits per heavy atom. The van der Waals surface area contributed by atoms with Crippen LogP contribution in [0, 0.1) is 13.8 Å². The third-order valence-corrected chi connectivity index (χ3v) is 9.02. The average Bonchev–Trinajstić information content (AvgIpc) is 3.00. The minimum absolute atomic E-state index is 0.0545. The van der Waals surface area contributed by atoms with E-state index in [1.54, 1.807) is 6.07 Å². The van der Waals surface area contributed by atoms with E-state index < -0.39 is 0 Å². The third kappa shape index (κ3) is 8.87. The molecular weight excluding hydrogens is 622 g/mol. The third-order valence-electron chi connectivity index (χ3n) is 8.34. The van der Waals surface area contributed by atoms with Crippen molar-refractivity contribution in [3.63, 3.8) is 0 Å². The first kappa shape index (κ1) is 34.0. The second-order valence-electron chi connectivity index (χ2n) is 11.2. The number of rotatable bonds is 15. The van der Waals surface area contributed by atoms with E-state index in [1.807, 2.05) is 12.1 Å².